The Morgan fingerprint density at radius 3 is 2.87 bits per heavy atom. The van der Waals surface area contributed by atoms with E-state index in [1.165, 1.54) is 0 Å². The molecule has 0 fully saturated rings. The number of rotatable bonds is 5. The van der Waals surface area contributed by atoms with E-state index in [9.17, 15) is 9.90 Å². The first-order valence-corrected chi connectivity index (χ1v) is 4.94. The predicted molar refractivity (Wildman–Crippen MR) is 58.6 cm³/mol. The molecule has 0 unspecified atom stereocenters. The summed E-state index contributed by atoms with van der Waals surface area (Å²) in [6, 6.07) is 4.94. The summed E-state index contributed by atoms with van der Waals surface area (Å²) in [6.07, 6.45) is 0.269. The van der Waals surface area contributed by atoms with Crippen LogP contribution in [0.5, 0.6) is 5.75 Å². The molecule has 15 heavy (non-hydrogen) atoms. The van der Waals surface area contributed by atoms with Crippen LogP contribution in [-0.4, -0.2) is 17.6 Å². The third-order valence-electron chi connectivity index (χ3n) is 1.94. The van der Waals surface area contributed by atoms with E-state index in [0.717, 1.165) is 0 Å². The Morgan fingerprint density at radius 2 is 2.27 bits per heavy atom. The Morgan fingerprint density at radius 1 is 1.53 bits per heavy atom. The molecule has 0 aliphatic heterocycles. The first-order valence-electron chi connectivity index (χ1n) is 4.56. The zero-order chi connectivity index (χ0) is 11.3. The number of nitrogens with one attached hydrogen (secondary N) is 1. The predicted octanol–water partition coefficient (Wildman–Crippen LogP) is 1.01. The first kappa shape index (κ1) is 11.8. The molecule has 0 spiro atoms. The number of primary amides is 1. The first-order chi connectivity index (χ1) is 7.11. The lowest BCUT2D eigenvalue weighted by molar-refractivity contribution is -0.117. The zero-order valence-corrected chi connectivity index (χ0v) is 8.92. The molecule has 0 atom stereocenters. The number of nitrogens with two attached hydrogens (primary N) is 1. The van der Waals surface area contributed by atoms with E-state index in [2.05, 4.69) is 5.32 Å². The molecule has 1 aromatic rings. The van der Waals surface area contributed by atoms with Crippen LogP contribution in [0, 0.1) is 0 Å². The van der Waals surface area contributed by atoms with Crippen LogP contribution in [0.15, 0.2) is 18.2 Å². The lowest BCUT2D eigenvalue weighted by Gasteiger charge is -2.07. The number of phenols is 1. The highest BCUT2D eigenvalue weighted by atomic mass is 35.5. The molecule has 82 valence electrons. The van der Waals surface area contributed by atoms with Gasteiger partial charge in [0.1, 0.15) is 5.75 Å². The van der Waals surface area contributed by atoms with E-state index < -0.39 is 0 Å². The maximum absolute atomic E-state index is 10.5. The third-order valence-corrected chi connectivity index (χ3v) is 2.30. The molecule has 0 saturated carbocycles. The highest BCUT2D eigenvalue weighted by molar-refractivity contribution is 6.31. The van der Waals surface area contributed by atoms with Gasteiger partial charge in [-0.05, 0) is 12.1 Å². The molecule has 5 heteroatoms. The van der Waals surface area contributed by atoms with Gasteiger partial charge in [0.25, 0.3) is 0 Å². The number of carbonyl (C=O) groups is 1. The molecule has 0 aliphatic carbocycles. The van der Waals surface area contributed by atoms with E-state index >= 15 is 0 Å². The molecular formula is C10H13ClN2O2. The van der Waals surface area contributed by atoms with Gasteiger partial charge >= 0.3 is 0 Å². The molecule has 1 aromatic carbocycles. The van der Waals surface area contributed by atoms with Crippen molar-refractivity contribution in [2.75, 3.05) is 6.54 Å². The summed E-state index contributed by atoms with van der Waals surface area (Å²) in [5.74, 6) is -0.208. The van der Waals surface area contributed by atoms with Crippen molar-refractivity contribution in [1.82, 2.24) is 5.32 Å². The molecule has 0 aromatic heterocycles. The molecule has 0 radical (unpaired) electrons. The number of carbonyl (C=O) groups excluding carboxylic acids is 1. The maximum Gasteiger partial charge on any atom is 0.218 e. The van der Waals surface area contributed by atoms with Gasteiger partial charge in [-0.15, -0.1) is 0 Å². The van der Waals surface area contributed by atoms with E-state index in [-0.39, 0.29) is 18.1 Å². The summed E-state index contributed by atoms with van der Waals surface area (Å²) in [7, 11) is 0. The van der Waals surface area contributed by atoms with Crippen molar-refractivity contribution in [2.45, 2.75) is 13.0 Å². The normalized spacial score (nSPS) is 10.2. The van der Waals surface area contributed by atoms with Gasteiger partial charge in [0.15, 0.2) is 0 Å². The minimum Gasteiger partial charge on any atom is -0.508 e. The van der Waals surface area contributed by atoms with E-state index in [1.807, 2.05) is 0 Å². The Bertz CT molecular complexity index is 335. The van der Waals surface area contributed by atoms with Crippen LogP contribution < -0.4 is 11.1 Å². The van der Waals surface area contributed by atoms with Crippen LogP contribution in [0.1, 0.15) is 12.0 Å². The van der Waals surface area contributed by atoms with Crippen molar-refractivity contribution in [3.8, 4) is 5.75 Å². The molecule has 0 saturated heterocycles. The van der Waals surface area contributed by atoms with Crippen LogP contribution in [0.3, 0.4) is 0 Å². The van der Waals surface area contributed by atoms with E-state index in [0.29, 0.717) is 23.7 Å². The minimum absolute atomic E-state index is 0.147. The number of aromatic hydroxyl groups is 1. The summed E-state index contributed by atoms with van der Waals surface area (Å²) in [6.45, 7) is 0.888. The monoisotopic (exact) mass is 228 g/mol. The van der Waals surface area contributed by atoms with Gasteiger partial charge in [-0.25, -0.2) is 0 Å². The van der Waals surface area contributed by atoms with Crippen molar-refractivity contribution in [3.63, 3.8) is 0 Å². The molecule has 4 nitrogen and oxygen atoms in total. The number of hydrogen-bond acceptors (Lipinski definition) is 3. The maximum atomic E-state index is 10.5. The quantitative estimate of drug-likeness (QED) is 0.659. The SMILES string of the molecule is NC(=O)CCNCc1c(O)cccc1Cl. The summed E-state index contributed by atoms with van der Waals surface area (Å²) in [5.41, 5.74) is 5.61. The van der Waals surface area contributed by atoms with Gasteiger partial charge in [0, 0.05) is 30.1 Å². The number of halogens is 1. The van der Waals surface area contributed by atoms with Gasteiger partial charge in [0.2, 0.25) is 5.91 Å². The van der Waals surface area contributed by atoms with Crippen molar-refractivity contribution >= 4 is 17.5 Å². The second-order valence-electron chi connectivity index (χ2n) is 3.13. The van der Waals surface area contributed by atoms with Gasteiger partial charge < -0.3 is 16.2 Å². The van der Waals surface area contributed by atoms with Crippen LogP contribution >= 0.6 is 11.6 Å². The van der Waals surface area contributed by atoms with Crippen LogP contribution in [0.4, 0.5) is 0 Å². The largest absolute Gasteiger partial charge is 0.508 e. The molecule has 1 rings (SSSR count). The highest BCUT2D eigenvalue weighted by Gasteiger charge is 2.05. The van der Waals surface area contributed by atoms with E-state index in [4.69, 9.17) is 17.3 Å². The number of hydrogen-bond donors (Lipinski definition) is 3. The lowest BCUT2D eigenvalue weighted by atomic mass is 10.2. The Labute approximate surface area is 93.0 Å². The fourth-order valence-corrected chi connectivity index (χ4v) is 1.38. The summed E-state index contributed by atoms with van der Waals surface area (Å²) >= 11 is 5.88. The average molecular weight is 229 g/mol. The van der Waals surface area contributed by atoms with Crippen molar-refractivity contribution < 1.29 is 9.90 Å². The van der Waals surface area contributed by atoms with Crippen LogP contribution in [-0.2, 0) is 11.3 Å². The van der Waals surface area contributed by atoms with Crippen molar-refractivity contribution in [3.05, 3.63) is 28.8 Å². The van der Waals surface area contributed by atoms with E-state index in [1.54, 1.807) is 18.2 Å². The lowest BCUT2D eigenvalue weighted by Crippen LogP contribution is -2.21. The van der Waals surface area contributed by atoms with Gasteiger partial charge in [0.05, 0.1) is 0 Å². The van der Waals surface area contributed by atoms with Gasteiger partial charge in [-0.2, -0.15) is 0 Å². The highest BCUT2D eigenvalue weighted by Crippen LogP contribution is 2.24. The second-order valence-corrected chi connectivity index (χ2v) is 3.54. The zero-order valence-electron chi connectivity index (χ0n) is 8.16. The third kappa shape index (κ3) is 3.77. The summed E-state index contributed by atoms with van der Waals surface area (Å²) in [5, 5.41) is 13.0. The molecule has 0 heterocycles. The fraction of sp³-hybridized carbons (Fsp3) is 0.300. The standard InChI is InChI=1S/C10H13ClN2O2/c11-8-2-1-3-9(14)7(8)6-13-5-4-10(12)15/h1-3,13-14H,4-6H2,(H2,12,15). The van der Waals surface area contributed by atoms with Crippen molar-refractivity contribution in [1.29, 1.82) is 0 Å². The Hall–Kier alpha value is -1.26. The Kier molecular flexibility index (Phi) is 4.39. The average Bonchev–Trinajstić information content (AvgIpc) is 2.15. The second kappa shape index (κ2) is 5.58. The minimum atomic E-state index is -0.356. The number of phenolic OH excluding ortho intramolecular Hbond substituents is 1. The molecule has 0 aliphatic rings. The molecular weight excluding hydrogens is 216 g/mol. The smallest absolute Gasteiger partial charge is 0.218 e. The molecule has 4 N–H and O–H groups in total. The molecule has 0 bridgehead atoms. The van der Waals surface area contributed by atoms with Crippen molar-refractivity contribution in [2.24, 2.45) is 5.73 Å². The molecule has 1 amide bonds. The van der Waals surface area contributed by atoms with Gasteiger partial charge in [-0.1, -0.05) is 17.7 Å². The van der Waals surface area contributed by atoms with Gasteiger partial charge in [-0.3, -0.25) is 4.79 Å². The topological polar surface area (TPSA) is 75.4 Å². The summed E-state index contributed by atoms with van der Waals surface area (Å²) in [4.78, 5) is 10.5. The fourth-order valence-electron chi connectivity index (χ4n) is 1.15. The number of benzene rings is 1. The Balaban J connectivity index is 2.47. The summed E-state index contributed by atoms with van der Waals surface area (Å²) < 4.78 is 0. The van der Waals surface area contributed by atoms with Crippen LogP contribution in [0.2, 0.25) is 5.02 Å². The number of amides is 1. The van der Waals surface area contributed by atoms with Crippen LogP contribution in [0.25, 0.3) is 0 Å².